The van der Waals surface area contributed by atoms with Gasteiger partial charge in [0.25, 0.3) is 6.47 Å². The third-order valence-corrected chi connectivity index (χ3v) is 11.0. The molecule has 0 aliphatic heterocycles. The Hall–Kier alpha value is -2.91. The Morgan fingerprint density at radius 2 is 0.821 bits per heavy atom. The smallest absolute Gasteiger partial charge is 0.310 e. The van der Waals surface area contributed by atoms with E-state index in [1.807, 2.05) is 0 Å². The molecule has 0 aliphatic carbocycles. The molecule has 0 fully saturated rings. The van der Waals surface area contributed by atoms with Gasteiger partial charge < -0.3 is 38.3 Å². The highest BCUT2D eigenvalue weighted by atomic mass is 79.9. The maximum Gasteiger partial charge on any atom is 0.310 e. The molecular weight excluding hydrogens is 928 g/mol. The molecule has 0 spiro atoms. The summed E-state index contributed by atoms with van der Waals surface area (Å²) in [5, 5.41) is 7.67. The molecule has 0 amide bonds. The summed E-state index contributed by atoms with van der Waals surface area (Å²) in [7, 11) is 3.35. The Balaban J connectivity index is -0.000000556. The number of methoxy groups -OCH3 is 2. The molecule has 1 atom stereocenters. The number of alkyl halides is 1. The van der Waals surface area contributed by atoms with E-state index < -0.39 is 17.5 Å². The quantitative estimate of drug-likeness (QED) is 0.0199. The standard InChI is InChI=1S/C29H51BrO8.C14H28O3.C8H16O.CH2O2/c1-3-4-5-6-10-17-26(32)36-22-15-8-7-12-19-29(25-31,38-27(33)18-11-13-20-30)24-28(34)37-23-16-9-14-21-35-2;1-3-4-5-6-8-11-14(15)17-13-10-7-9-12-16-2;1-2-3-4-5-6-7-8-9;2-1-3/h25H,3-24H2,1-2H3;3-13H2,1-2H3;8H,2-7H2,1H3;1H,(H,2,3). The normalized spacial score (nSPS) is 11.2. The zero-order valence-corrected chi connectivity index (χ0v) is 44.5. The number of hydrogen-bond acceptors (Lipinski definition) is 13. The van der Waals surface area contributed by atoms with E-state index in [0.717, 1.165) is 121 Å². The molecule has 0 aromatic heterocycles. The van der Waals surface area contributed by atoms with Crippen LogP contribution in [0.15, 0.2) is 0 Å². The lowest BCUT2D eigenvalue weighted by molar-refractivity contribution is -0.170. The fourth-order valence-electron chi connectivity index (χ4n) is 6.45. The summed E-state index contributed by atoms with van der Waals surface area (Å²) in [6.45, 7) is 8.96. The largest absolute Gasteiger partial charge is 0.483 e. The minimum Gasteiger partial charge on any atom is -0.483 e. The minimum atomic E-state index is -1.51. The van der Waals surface area contributed by atoms with Crippen molar-refractivity contribution in [3.63, 3.8) is 0 Å². The minimum absolute atomic E-state index is 0.0340. The van der Waals surface area contributed by atoms with Crippen molar-refractivity contribution < 1.29 is 67.1 Å². The molecule has 1 unspecified atom stereocenters. The number of esters is 4. The topological polar surface area (TPSA) is 195 Å². The molecule has 396 valence electrons. The van der Waals surface area contributed by atoms with Gasteiger partial charge in [0.1, 0.15) is 6.29 Å². The fourth-order valence-corrected chi connectivity index (χ4v) is 6.84. The Kier molecular flexibility index (Phi) is 64.4. The van der Waals surface area contributed by atoms with Crippen molar-refractivity contribution in [1.29, 1.82) is 0 Å². The van der Waals surface area contributed by atoms with Gasteiger partial charge in [-0.1, -0.05) is 127 Å². The zero-order valence-electron chi connectivity index (χ0n) is 42.9. The van der Waals surface area contributed by atoms with Crippen LogP contribution in [0.25, 0.3) is 0 Å². The Labute approximate surface area is 415 Å². The van der Waals surface area contributed by atoms with Gasteiger partial charge in [0.15, 0.2) is 11.9 Å². The van der Waals surface area contributed by atoms with Gasteiger partial charge in [0.2, 0.25) is 0 Å². The van der Waals surface area contributed by atoms with Gasteiger partial charge in [-0.15, -0.1) is 0 Å². The Morgan fingerprint density at radius 1 is 0.463 bits per heavy atom. The van der Waals surface area contributed by atoms with Crippen LogP contribution in [0.2, 0.25) is 0 Å². The van der Waals surface area contributed by atoms with Crippen LogP contribution < -0.4 is 0 Å². The number of halogens is 1. The Bertz CT molecular complexity index is 1110. The van der Waals surface area contributed by atoms with Crippen LogP contribution in [-0.4, -0.2) is 106 Å². The van der Waals surface area contributed by atoms with E-state index in [9.17, 15) is 28.8 Å². The molecule has 0 rings (SSSR count). The third kappa shape index (κ3) is 61.1. The summed E-state index contributed by atoms with van der Waals surface area (Å²) >= 11 is 3.33. The summed E-state index contributed by atoms with van der Waals surface area (Å²) in [6.07, 6.45) is 31.0. The van der Waals surface area contributed by atoms with E-state index in [4.69, 9.17) is 38.3 Å². The maximum atomic E-state index is 12.5. The summed E-state index contributed by atoms with van der Waals surface area (Å²) in [5.41, 5.74) is -1.51. The maximum absolute atomic E-state index is 12.5. The van der Waals surface area contributed by atoms with E-state index in [1.54, 1.807) is 14.2 Å². The van der Waals surface area contributed by atoms with E-state index >= 15 is 0 Å². The van der Waals surface area contributed by atoms with Gasteiger partial charge in [-0.25, -0.2) is 0 Å². The van der Waals surface area contributed by atoms with E-state index in [2.05, 4.69) is 36.7 Å². The molecule has 0 saturated carbocycles. The second-order valence-corrected chi connectivity index (χ2v) is 17.5. The highest BCUT2D eigenvalue weighted by Gasteiger charge is 2.37. The summed E-state index contributed by atoms with van der Waals surface area (Å²) in [5.74, 6) is -1.20. The molecule has 0 aromatic rings. The van der Waals surface area contributed by atoms with Crippen LogP contribution in [0, 0.1) is 0 Å². The van der Waals surface area contributed by atoms with Crippen molar-refractivity contribution in [2.45, 2.75) is 238 Å². The molecule has 15 heteroatoms. The molecule has 0 heterocycles. The second-order valence-electron chi connectivity index (χ2n) is 16.7. The number of carboxylic acid groups (broad SMARTS) is 1. The van der Waals surface area contributed by atoms with Crippen LogP contribution in [0.3, 0.4) is 0 Å². The zero-order chi connectivity index (χ0) is 50.8. The molecule has 0 saturated heterocycles. The van der Waals surface area contributed by atoms with Gasteiger partial charge in [-0.3, -0.25) is 28.8 Å². The number of hydrogen-bond donors (Lipinski definition) is 1. The van der Waals surface area contributed by atoms with Crippen molar-refractivity contribution in [2.75, 3.05) is 52.6 Å². The number of aldehydes is 2. The molecule has 0 bridgehead atoms. The van der Waals surface area contributed by atoms with Crippen LogP contribution in [-0.2, 0) is 62.0 Å². The lowest BCUT2D eigenvalue weighted by Crippen LogP contribution is -2.40. The average molecular weight is 1030 g/mol. The van der Waals surface area contributed by atoms with Gasteiger partial charge in [0.05, 0.1) is 26.2 Å². The van der Waals surface area contributed by atoms with E-state index in [1.165, 1.54) is 57.8 Å². The fraction of sp³-hybridized carbons (Fsp3) is 0.865. The van der Waals surface area contributed by atoms with Crippen LogP contribution in [0.1, 0.15) is 233 Å². The molecule has 0 radical (unpaired) electrons. The lowest BCUT2D eigenvalue weighted by Gasteiger charge is -2.27. The van der Waals surface area contributed by atoms with Crippen LogP contribution >= 0.6 is 15.9 Å². The van der Waals surface area contributed by atoms with Gasteiger partial charge in [0, 0.05) is 58.4 Å². The lowest BCUT2D eigenvalue weighted by atomic mass is 9.93. The first-order valence-electron chi connectivity index (χ1n) is 25.8. The molecule has 14 nitrogen and oxygen atoms in total. The van der Waals surface area contributed by atoms with Crippen LogP contribution in [0.5, 0.6) is 0 Å². The number of unbranched alkanes of at least 4 members (excludes halogenated alkanes) is 21. The highest BCUT2D eigenvalue weighted by Crippen LogP contribution is 2.25. The van der Waals surface area contributed by atoms with Crippen molar-refractivity contribution in [3.8, 4) is 0 Å². The monoisotopic (exact) mass is 1020 g/mol. The van der Waals surface area contributed by atoms with E-state index in [0.29, 0.717) is 58.2 Å². The van der Waals surface area contributed by atoms with Gasteiger partial charge in [-0.05, 0) is 89.9 Å². The van der Waals surface area contributed by atoms with Gasteiger partial charge >= 0.3 is 23.9 Å². The third-order valence-electron chi connectivity index (χ3n) is 10.4. The number of ether oxygens (including phenoxy) is 6. The molecule has 67 heavy (non-hydrogen) atoms. The number of carbonyl (C=O) groups excluding carboxylic acids is 6. The van der Waals surface area contributed by atoms with Crippen molar-refractivity contribution >= 4 is 58.9 Å². The summed E-state index contributed by atoms with van der Waals surface area (Å²) in [4.78, 5) is 78.3. The van der Waals surface area contributed by atoms with Crippen molar-refractivity contribution in [1.82, 2.24) is 0 Å². The second kappa shape index (κ2) is 61.1. The van der Waals surface area contributed by atoms with Crippen LogP contribution in [0.4, 0.5) is 0 Å². The molecule has 0 aromatic carbocycles. The molecular formula is C52H97BrO14. The summed E-state index contributed by atoms with van der Waals surface area (Å²) < 4.78 is 31.3. The average Bonchev–Trinajstić information content (AvgIpc) is 3.31. The first kappa shape index (κ1) is 70.6. The Morgan fingerprint density at radius 3 is 1.24 bits per heavy atom. The number of rotatable bonds is 45. The molecule has 0 aliphatic rings. The van der Waals surface area contributed by atoms with Gasteiger partial charge in [-0.2, -0.15) is 0 Å². The van der Waals surface area contributed by atoms with Crippen molar-refractivity contribution in [2.24, 2.45) is 0 Å². The SMILES string of the molecule is CCCCCCCC(=O)OCCCCCCC(C=O)(CC(=O)OCCCCCOC)OC(=O)CCCCBr.CCCCCCCC(=O)OCCCCCOC.CCCCCCCC=O.O=CO. The summed E-state index contributed by atoms with van der Waals surface area (Å²) in [6, 6.07) is 0. The first-order valence-corrected chi connectivity index (χ1v) is 26.9. The van der Waals surface area contributed by atoms with Crippen molar-refractivity contribution in [3.05, 3.63) is 0 Å². The molecule has 1 N–H and O–H groups in total. The predicted octanol–water partition coefficient (Wildman–Crippen LogP) is 12.6. The number of carbonyl (C=O) groups is 7. The van der Waals surface area contributed by atoms with E-state index in [-0.39, 0.29) is 44.3 Å². The first-order chi connectivity index (χ1) is 32.6. The predicted molar refractivity (Wildman–Crippen MR) is 269 cm³/mol. The highest BCUT2D eigenvalue weighted by molar-refractivity contribution is 9.09.